The number of rotatable bonds is 5. The van der Waals surface area contributed by atoms with Gasteiger partial charge in [-0.2, -0.15) is 0 Å². The number of hydrogen-bond acceptors (Lipinski definition) is 4. The topological polar surface area (TPSA) is 89.3 Å². The summed E-state index contributed by atoms with van der Waals surface area (Å²) in [6, 6.07) is 5.43. The van der Waals surface area contributed by atoms with Crippen LogP contribution in [0.4, 0.5) is 5.69 Å². The molecule has 0 bridgehead atoms. The number of nitrogens with one attached hydrogen (secondary N) is 1. The Morgan fingerprint density at radius 3 is 2.32 bits per heavy atom. The van der Waals surface area contributed by atoms with Crippen LogP contribution in [-0.2, 0) is 9.59 Å². The molecule has 6 nitrogen and oxygen atoms in total. The molecule has 1 rings (SSSR count). The standard InChI is InChI=1S/C11H8Cl2N2O4/c12-10(13)11(17)14-8(6-16)5-7-1-3-9(4-2-7)15(18)19/h1-6,10H,(H,14,17). The molecule has 1 aromatic carbocycles. The predicted molar refractivity (Wildman–Crippen MR) is 70.8 cm³/mol. The fourth-order valence-corrected chi connectivity index (χ4v) is 1.28. The first-order valence-electron chi connectivity index (χ1n) is 4.94. The van der Waals surface area contributed by atoms with Gasteiger partial charge in [-0.15, -0.1) is 0 Å². The summed E-state index contributed by atoms with van der Waals surface area (Å²) >= 11 is 10.6. The number of non-ortho nitro benzene ring substituents is 1. The van der Waals surface area contributed by atoms with E-state index < -0.39 is 15.7 Å². The van der Waals surface area contributed by atoms with E-state index in [-0.39, 0.29) is 11.4 Å². The number of carbonyl (C=O) groups is 2. The molecule has 0 saturated carbocycles. The van der Waals surface area contributed by atoms with Gasteiger partial charge in [-0.1, -0.05) is 23.2 Å². The largest absolute Gasteiger partial charge is 0.321 e. The molecule has 1 aromatic rings. The maximum absolute atomic E-state index is 11.2. The highest BCUT2D eigenvalue weighted by molar-refractivity contribution is 6.53. The lowest BCUT2D eigenvalue weighted by atomic mass is 10.2. The first-order chi connectivity index (χ1) is 8.93. The van der Waals surface area contributed by atoms with Gasteiger partial charge in [0.25, 0.3) is 11.6 Å². The maximum atomic E-state index is 11.2. The number of halogens is 2. The average molecular weight is 303 g/mol. The summed E-state index contributed by atoms with van der Waals surface area (Å²) in [5.74, 6) is -0.733. The summed E-state index contributed by atoms with van der Waals surface area (Å²) in [5.41, 5.74) is 0.384. The van der Waals surface area contributed by atoms with Crippen molar-refractivity contribution in [1.29, 1.82) is 0 Å². The molecule has 0 aromatic heterocycles. The van der Waals surface area contributed by atoms with Crippen LogP contribution in [0.3, 0.4) is 0 Å². The second-order valence-electron chi connectivity index (χ2n) is 3.36. The normalized spacial score (nSPS) is 11.2. The summed E-state index contributed by atoms with van der Waals surface area (Å²) in [6.07, 6.45) is 1.75. The fourth-order valence-electron chi connectivity index (χ4n) is 1.17. The SMILES string of the molecule is O=CC(=Cc1ccc([N+](=O)[O-])cc1)NC(=O)C(Cl)Cl. The third-order valence-corrected chi connectivity index (χ3v) is 2.42. The van der Waals surface area contributed by atoms with Gasteiger partial charge < -0.3 is 5.32 Å². The van der Waals surface area contributed by atoms with E-state index >= 15 is 0 Å². The number of carbonyl (C=O) groups excluding carboxylic acids is 2. The number of alkyl halides is 2. The Morgan fingerprint density at radius 1 is 1.32 bits per heavy atom. The number of nitro benzene ring substituents is 1. The maximum Gasteiger partial charge on any atom is 0.269 e. The number of allylic oxidation sites excluding steroid dienone is 1. The van der Waals surface area contributed by atoms with Gasteiger partial charge >= 0.3 is 0 Å². The number of aldehydes is 1. The highest BCUT2D eigenvalue weighted by Gasteiger charge is 2.12. The van der Waals surface area contributed by atoms with Gasteiger partial charge in [0.05, 0.1) is 10.6 Å². The Kier molecular flexibility index (Phi) is 5.47. The first kappa shape index (κ1) is 15.1. The predicted octanol–water partition coefficient (Wildman–Crippen LogP) is 2.05. The average Bonchev–Trinajstić information content (AvgIpc) is 2.38. The number of benzene rings is 1. The molecule has 0 fully saturated rings. The zero-order valence-corrected chi connectivity index (χ0v) is 10.9. The molecule has 1 N–H and O–H groups in total. The van der Waals surface area contributed by atoms with Crippen molar-refractivity contribution in [2.24, 2.45) is 0 Å². The minimum atomic E-state index is -1.29. The summed E-state index contributed by atoms with van der Waals surface area (Å²) in [4.78, 5) is 30.6. The number of nitrogens with zero attached hydrogens (tertiary/aromatic N) is 1. The first-order valence-corrected chi connectivity index (χ1v) is 5.81. The molecule has 100 valence electrons. The summed E-state index contributed by atoms with van der Waals surface area (Å²) < 4.78 is 0. The zero-order valence-electron chi connectivity index (χ0n) is 9.38. The van der Waals surface area contributed by atoms with Crippen LogP contribution < -0.4 is 5.32 Å². The third kappa shape index (κ3) is 4.69. The van der Waals surface area contributed by atoms with E-state index in [2.05, 4.69) is 5.32 Å². The van der Waals surface area contributed by atoms with E-state index in [9.17, 15) is 19.7 Å². The Morgan fingerprint density at radius 2 is 1.89 bits per heavy atom. The molecule has 0 aliphatic carbocycles. The molecule has 0 aliphatic rings. The molecule has 0 spiro atoms. The van der Waals surface area contributed by atoms with Crippen molar-refractivity contribution in [3.8, 4) is 0 Å². The van der Waals surface area contributed by atoms with E-state index in [4.69, 9.17) is 23.2 Å². The lowest BCUT2D eigenvalue weighted by Crippen LogP contribution is -2.28. The van der Waals surface area contributed by atoms with Gasteiger partial charge in [0, 0.05) is 12.1 Å². The highest BCUT2D eigenvalue weighted by atomic mass is 35.5. The quantitative estimate of drug-likeness (QED) is 0.296. The van der Waals surface area contributed by atoms with Crippen LogP contribution in [0.1, 0.15) is 5.56 Å². The molecule has 0 atom stereocenters. The molecular formula is C11H8Cl2N2O4. The van der Waals surface area contributed by atoms with Crippen molar-refractivity contribution in [3.05, 3.63) is 45.6 Å². The second kappa shape index (κ2) is 6.86. The summed E-state index contributed by atoms with van der Waals surface area (Å²) in [6.45, 7) is 0. The van der Waals surface area contributed by atoms with Crippen molar-refractivity contribution < 1.29 is 14.5 Å². The molecule has 0 unspecified atom stereocenters. The van der Waals surface area contributed by atoms with Crippen LogP contribution in [0.5, 0.6) is 0 Å². The Bertz CT molecular complexity index is 526. The molecule has 0 heterocycles. The van der Waals surface area contributed by atoms with E-state index in [0.29, 0.717) is 11.8 Å². The molecule has 0 aliphatic heterocycles. The number of nitro groups is 1. The van der Waals surface area contributed by atoms with Gasteiger partial charge in [0.2, 0.25) is 0 Å². The zero-order chi connectivity index (χ0) is 14.4. The fraction of sp³-hybridized carbons (Fsp3) is 0.0909. The van der Waals surface area contributed by atoms with Crippen LogP contribution in [-0.4, -0.2) is 22.0 Å². The molecule has 8 heteroatoms. The summed E-state index contributed by atoms with van der Waals surface area (Å²) in [5, 5.41) is 12.7. The van der Waals surface area contributed by atoms with Gasteiger partial charge in [-0.25, -0.2) is 0 Å². The minimum Gasteiger partial charge on any atom is -0.321 e. The van der Waals surface area contributed by atoms with Gasteiger partial charge in [-0.3, -0.25) is 19.7 Å². The van der Waals surface area contributed by atoms with Crippen molar-refractivity contribution in [3.63, 3.8) is 0 Å². The molecule has 0 radical (unpaired) electrons. The monoisotopic (exact) mass is 302 g/mol. The second-order valence-corrected chi connectivity index (χ2v) is 4.45. The number of hydrogen-bond donors (Lipinski definition) is 1. The Hall–Kier alpha value is -1.92. The van der Waals surface area contributed by atoms with E-state index in [0.717, 1.165) is 0 Å². The van der Waals surface area contributed by atoms with Crippen LogP contribution in [0.25, 0.3) is 6.08 Å². The van der Waals surface area contributed by atoms with E-state index in [1.807, 2.05) is 0 Å². The van der Waals surface area contributed by atoms with Crippen molar-refractivity contribution in [2.75, 3.05) is 0 Å². The lowest BCUT2D eigenvalue weighted by Gasteiger charge is -2.04. The van der Waals surface area contributed by atoms with E-state index in [1.165, 1.54) is 30.3 Å². The van der Waals surface area contributed by atoms with Crippen LogP contribution in [0.2, 0.25) is 0 Å². The third-order valence-electron chi connectivity index (χ3n) is 2.02. The van der Waals surface area contributed by atoms with Crippen LogP contribution in [0.15, 0.2) is 30.0 Å². The molecule has 19 heavy (non-hydrogen) atoms. The molecular weight excluding hydrogens is 295 g/mol. The van der Waals surface area contributed by atoms with Gasteiger partial charge in [0.1, 0.15) is 0 Å². The van der Waals surface area contributed by atoms with Crippen molar-refractivity contribution in [1.82, 2.24) is 5.32 Å². The van der Waals surface area contributed by atoms with Gasteiger partial charge in [0.15, 0.2) is 11.1 Å². The van der Waals surface area contributed by atoms with Crippen molar-refractivity contribution >= 4 is 47.2 Å². The minimum absolute atomic E-state index is 0.0508. The Labute approximate surface area is 118 Å². The smallest absolute Gasteiger partial charge is 0.269 e. The number of amides is 1. The Balaban J connectivity index is 2.89. The molecule has 1 amide bonds. The van der Waals surface area contributed by atoms with Crippen LogP contribution in [0, 0.1) is 10.1 Å². The lowest BCUT2D eigenvalue weighted by molar-refractivity contribution is -0.384. The van der Waals surface area contributed by atoms with E-state index in [1.54, 1.807) is 0 Å². The summed E-state index contributed by atoms with van der Waals surface area (Å²) in [7, 11) is 0. The van der Waals surface area contributed by atoms with Crippen LogP contribution >= 0.6 is 23.2 Å². The van der Waals surface area contributed by atoms with Crippen molar-refractivity contribution in [2.45, 2.75) is 4.84 Å². The molecule has 0 saturated heterocycles. The van der Waals surface area contributed by atoms with Gasteiger partial charge in [-0.05, 0) is 23.8 Å². The highest BCUT2D eigenvalue weighted by Crippen LogP contribution is 2.13.